The van der Waals surface area contributed by atoms with Crippen LogP contribution in [0.3, 0.4) is 0 Å². The number of benzene rings is 2. The quantitative estimate of drug-likeness (QED) is 0.240. The maximum absolute atomic E-state index is 12.6. The minimum absolute atomic E-state index is 0.00348. The van der Waals surface area contributed by atoms with E-state index in [1.807, 2.05) is 60.2 Å². The fourth-order valence-electron chi connectivity index (χ4n) is 4.03. The predicted molar refractivity (Wildman–Crippen MR) is 137 cm³/mol. The molecular weight excluding hydrogens is 496 g/mol. The van der Waals surface area contributed by atoms with Crippen molar-refractivity contribution in [2.75, 3.05) is 37.8 Å². The molecule has 0 spiro atoms. The van der Waals surface area contributed by atoms with Crippen LogP contribution in [-0.4, -0.2) is 51.0 Å². The van der Waals surface area contributed by atoms with Crippen LogP contribution >= 0.6 is 0 Å². The number of aryl methyl sites for hydroxylation is 1. The summed E-state index contributed by atoms with van der Waals surface area (Å²) in [6.07, 6.45) is 1.84. The number of pyridine rings is 1. The topological polar surface area (TPSA) is 124 Å². The average Bonchev–Trinajstić information content (AvgIpc) is 2.89. The minimum atomic E-state index is -4.27. The van der Waals surface area contributed by atoms with Crippen LogP contribution in [0.25, 0.3) is 22.2 Å². The average molecular weight is 525 g/mol. The lowest BCUT2D eigenvalue weighted by Crippen LogP contribution is -2.38. The van der Waals surface area contributed by atoms with Gasteiger partial charge in [-0.05, 0) is 43.3 Å². The van der Waals surface area contributed by atoms with E-state index in [1.54, 1.807) is 12.1 Å². The van der Waals surface area contributed by atoms with E-state index in [1.165, 1.54) is 12.1 Å². The molecule has 4 aromatic rings. The highest BCUT2D eigenvalue weighted by atomic mass is 32.2. The number of aliphatic hydroxyl groups is 1. The Morgan fingerprint density at radius 2 is 1.76 bits per heavy atom. The second-order valence-electron chi connectivity index (χ2n) is 8.54. The Kier molecular flexibility index (Phi) is 8.34. The number of fused-ring (bicyclic) bond motifs is 1. The lowest BCUT2D eigenvalue weighted by molar-refractivity contribution is -0.687. The van der Waals surface area contributed by atoms with Crippen molar-refractivity contribution < 1.29 is 31.8 Å². The summed E-state index contributed by atoms with van der Waals surface area (Å²) in [4.78, 5) is 14.6. The van der Waals surface area contributed by atoms with Crippen molar-refractivity contribution in [3.05, 3.63) is 88.9 Å². The molecule has 1 aliphatic rings. The zero-order valence-electron chi connectivity index (χ0n) is 20.4. The number of rotatable bonds is 5. The van der Waals surface area contributed by atoms with Gasteiger partial charge in [0.25, 0.3) is 0 Å². The van der Waals surface area contributed by atoms with Gasteiger partial charge >= 0.3 is 5.63 Å². The summed E-state index contributed by atoms with van der Waals surface area (Å²) in [6.45, 7) is 5.33. The van der Waals surface area contributed by atoms with E-state index in [0.29, 0.717) is 30.9 Å². The van der Waals surface area contributed by atoms with Crippen LogP contribution in [0.15, 0.2) is 87.0 Å². The highest BCUT2D eigenvalue weighted by Gasteiger charge is 2.18. The molecule has 0 aliphatic carbocycles. The molecule has 0 saturated carbocycles. The first-order valence-corrected chi connectivity index (χ1v) is 13.2. The summed E-state index contributed by atoms with van der Waals surface area (Å²) in [7, 11) is -4.27. The van der Waals surface area contributed by atoms with E-state index >= 15 is 0 Å². The van der Waals surface area contributed by atoms with Gasteiger partial charge in [0.15, 0.2) is 12.7 Å². The second-order valence-corrected chi connectivity index (χ2v) is 9.92. The minimum Gasteiger partial charge on any atom is -0.744 e. The Morgan fingerprint density at radius 3 is 2.43 bits per heavy atom. The summed E-state index contributed by atoms with van der Waals surface area (Å²) in [5.41, 5.74) is 3.38. The normalized spacial score (nSPS) is 13.8. The maximum atomic E-state index is 12.6. The molecule has 10 heteroatoms. The monoisotopic (exact) mass is 524 g/mol. The molecule has 0 radical (unpaired) electrons. The van der Waals surface area contributed by atoms with Crippen LogP contribution in [0.2, 0.25) is 0 Å². The van der Waals surface area contributed by atoms with Gasteiger partial charge in [0.2, 0.25) is 5.69 Å². The number of aromatic nitrogens is 1. The van der Waals surface area contributed by atoms with Gasteiger partial charge in [0, 0.05) is 42.4 Å². The summed E-state index contributed by atoms with van der Waals surface area (Å²) < 4.78 is 44.0. The molecular formula is C27H28N2O7S. The molecule has 9 nitrogen and oxygen atoms in total. The molecule has 1 aliphatic heterocycles. The van der Waals surface area contributed by atoms with E-state index in [4.69, 9.17) is 9.15 Å². The third-order valence-corrected chi connectivity index (χ3v) is 6.81. The van der Waals surface area contributed by atoms with E-state index < -0.39 is 10.1 Å². The van der Waals surface area contributed by atoms with Gasteiger partial charge in [-0.1, -0.05) is 17.7 Å². The molecule has 0 atom stereocenters. The van der Waals surface area contributed by atoms with Crippen molar-refractivity contribution in [2.45, 2.75) is 18.4 Å². The number of nitrogens with zero attached hydrogens (tertiary/aromatic N) is 2. The van der Waals surface area contributed by atoms with Gasteiger partial charge in [-0.2, -0.15) is 4.57 Å². The van der Waals surface area contributed by atoms with Crippen LogP contribution < -0.4 is 15.1 Å². The molecule has 2 aromatic heterocycles. The zero-order valence-corrected chi connectivity index (χ0v) is 21.2. The summed E-state index contributed by atoms with van der Waals surface area (Å²) in [5.74, 6) is 0. The van der Waals surface area contributed by atoms with E-state index in [-0.39, 0.29) is 17.1 Å². The van der Waals surface area contributed by atoms with Crippen molar-refractivity contribution >= 4 is 26.8 Å². The summed E-state index contributed by atoms with van der Waals surface area (Å²) in [5, 5.41) is 10.1. The molecule has 0 bridgehead atoms. The first-order valence-electron chi connectivity index (χ1n) is 11.8. The lowest BCUT2D eigenvalue weighted by Gasteiger charge is -2.28. The molecule has 1 N–H and O–H groups in total. The van der Waals surface area contributed by atoms with Gasteiger partial charge < -0.3 is 23.7 Å². The first-order chi connectivity index (χ1) is 17.8. The van der Waals surface area contributed by atoms with Crippen molar-refractivity contribution in [1.82, 2.24) is 0 Å². The third-order valence-electron chi connectivity index (χ3n) is 5.96. The zero-order chi connectivity index (χ0) is 26.4. The van der Waals surface area contributed by atoms with Crippen LogP contribution in [-0.2, 0) is 21.4 Å². The summed E-state index contributed by atoms with van der Waals surface area (Å²) >= 11 is 0. The van der Waals surface area contributed by atoms with Gasteiger partial charge in [0.05, 0.1) is 18.1 Å². The molecule has 5 rings (SSSR count). The molecule has 194 valence electrons. The largest absolute Gasteiger partial charge is 0.744 e. The van der Waals surface area contributed by atoms with Crippen LogP contribution in [0.5, 0.6) is 0 Å². The molecule has 1 fully saturated rings. The maximum Gasteiger partial charge on any atom is 0.350 e. The number of ether oxygens (including phenoxy) is 1. The Bertz CT molecular complexity index is 1530. The SMILES string of the molecule is Cc1ccc(S(=O)(=O)[O-])cc1.O=c1oc2cc(N3CCOCC3)ccc2cc1-c1cccc[n+]1CCO. The van der Waals surface area contributed by atoms with Gasteiger partial charge in [0.1, 0.15) is 27.9 Å². The number of anilines is 1. The van der Waals surface area contributed by atoms with E-state index in [2.05, 4.69) is 4.90 Å². The molecule has 2 aromatic carbocycles. The van der Waals surface area contributed by atoms with Gasteiger partial charge in [-0.15, -0.1) is 0 Å². The predicted octanol–water partition coefficient (Wildman–Crippen LogP) is 2.48. The molecule has 3 heterocycles. The van der Waals surface area contributed by atoms with E-state index in [9.17, 15) is 22.9 Å². The van der Waals surface area contributed by atoms with Gasteiger partial charge in [-0.25, -0.2) is 13.2 Å². The lowest BCUT2D eigenvalue weighted by atomic mass is 10.1. The number of hydrogen-bond donors (Lipinski definition) is 1. The molecule has 1 saturated heterocycles. The van der Waals surface area contributed by atoms with Crippen LogP contribution in [0.1, 0.15) is 5.56 Å². The highest BCUT2D eigenvalue weighted by Crippen LogP contribution is 2.24. The Balaban J connectivity index is 0.000000245. The van der Waals surface area contributed by atoms with Crippen LogP contribution in [0, 0.1) is 6.92 Å². The molecule has 37 heavy (non-hydrogen) atoms. The van der Waals surface area contributed by atoms with Crippen LogP contribution in [0.4, 0.5) is 5.69 Å². The van der Waals surface area contributed by atoms with Crippen molar-refractivity contribution in [2.24, 2.45) is 0 Å². The number of hydrogen-bond acceptors (Lipinski definition) is 8. The van der Waals surface area contributed by atoms with Gasteiger partial charge in [-0.3, -0.25) is 0 Å². The fourth-order valence-corrected chi connectivity index (χ4v) is 4.49. The second kappa shape index (κ2) is 11.7. The highest BCUT2D eigenvalue weighted by molar-refractivity contribution is 7.85. The molecule has 0 amide bonds. The number of aliphatic hydroxyl groups excluding tert-OH is 1. The third kappa shape index (κ3) is 6.60. The number of morpholine rings is 1. The Hall–Kier alpha value is -3.57. The first kappa shape index (κ1) is 26.5. The van der Waals surface area contributed by atoms with Crippen molar-refractivity contribution in [3.8, 4) is 11.3 Å². The smallest absolute Gasteiger partial charge is 0.350 e. The Morgan fingerprint density at radius 1 is 1.03 bits per heavy atom. The van der Waals surface area contributed by atoms with E-state index in [0.717, 1.165) is 35.4 Å². The van der Waals surface area contributed by atoms with Crippen molar-refractivity contribution in [3.63, 3.8) is 0 Å². The molecule has 0 unspecified atom stereocenters. The standard InChI is InChI=1S/C20H21N2O4.C7H8O3S/c23-10-7-22-6-2-1-3-18(22)17-13-15-4-5-16(14-19(15)26-20(17)24)21-8-11-25-12-9-21;1-6-2-4-7(5-3-6)11(8,9)10/h1-6,13-14,23H,7-12H2;2-5H,1H3,(H,8,9,10)/q+1;/p-1. The fraction of sp³-hybridized carbons (Fsp3) is 0.259. The summed E-state index contributed by atoms with van der Waals surface area (Å²) in [6, 6.07) is 19.2. The van der Waals surface area contributed by atoms with Crippen molar-refractivity contribution in [1.29, 1.82) is 0 Å². The Labute approximate surface area is 214 Å².